The van der Waals surface area contributed by atoms with Gasteiger partial charge in [0.25, 0.3) is 5.56 Å². The summed E-state index contributed by atoms with van der Waals surface area (Å²) < 4.78 is 16.0. The van der Waals surface area contributed by atoms with Crippen molar-refractivity contribution in [3.63, 3.8) is 0 Å². The highest BCUT2D eigenvalue weighted by Gasteiger charge is 2.23. The van der Waals surface area contributed by atoms with Crippen LogP contribution < -0.4 is 22.3 Å². The Hall–Kier alpha value is -5.03. The molecule has 0 aliphatic heterocycles. The quantitative estimate of drug-likeness (QED) is 0.418. The van der Waals surface area contributed by atoms with E-state index in [9.17, 15) is 19.7 Å². The molecular weight excluding hydrogens is 437 g/mol. The number of rotatable bonds is 4. The van der Waals surface area contributed by atoms with Gasteiger partial charge in [-0.15, -0.1) is 0 Å². The Kier molecular flexibility index (Phi) is 5.53. The van der Waals surface area contributed by atoms with Crippen LogP contribution in [0.4, 0.5) is 22.0 Å². The van der Waals surface area contributed by atoms with E-state index in [2.05, 4.69) is 20.3 Å². The molecule has 2 aromatic carbocycles. The average Bonchev–Trinajstić information content (AvgIpc) is 2.80. The number of halogens is 1. The molecule has 4 rings (SSSR count). The molecule has 10 nitrogen and oxygen atoms in total. The van der Waals surface area contributed by atoms with Crippen molar-refractivity contribution in [3.05, 3.63) is 75.1 Å². The predicted molar refractivity (Wildman–Crippen MR) is 124 cm³/mol. The summed E-state index contributed by atoms with van der Waals surface area (Å²) in [6.07, 6.45) is 0. The number of hydrogen-bond donors (Lipinski definition) is 3. The van der Waals surface area contributed by atoms with E-state index in [4.69, 9.17) is 11.5 Å². The average molecular weight is 455 g/mol. The van der Waals surface area contributed by atoms with Crippen LogP contribution in [0.2, 0.25) is 0 Å². The topological polar surface area (TPSA) is 172 Å². The van der Waals surface area contributed by atoms with Crippen molar-refractivity contribution < 1.29 is 4.39 Å². The molecule has 0 aliphatic carbocycles. The van der Waals surface area contributed by atoms with Crippen molar-refractivity contribution in [2.45, 2.75) is 19.9 Å². The number of aryl methyl sites for hydroxylation is 1. The van der Waals surface area contributed by atoms with Crippen molar-refractivity contribution in [3.8, 4) is 17.8 Å². The Balaban J connectivity index is 2.00. The molecule has 0 amide bonds. The van der Waals surface area contributed by atoms with Crippen LogP contribution in [0.5, 0.6) is 0 Å². The summed E-state index contributed by atoms with van der Waals surface area (Å²) in [5, 5.41) is 21.6. The monoisotopic (exact) mass is 455 g/mol. The van der Waals surface area contributed by atoms with Crippen LogP contribution in [-0.2, 0) is 0 Å². The SMILES string of the molecule is Cc1ccc(F)c2c(=O)n(-c3cccc(C#N)c3)c(C(C)Nc3nc(N)nc(N)c3C#N)nc12. The molecule has 1 unspecified atom stereocenters. The molecule has 1 atom stereocenters. The molecule has 5 N–H and O–H groups in total. The van der Waals surface area contributed by atoms with Crippen molar-refractivity contribution in [2.24, 2.45) is 0 Å². The summed E-state index contributed by atoms with van der Waals surface area (Å²) in [6.45, 7) is 3.40. The summed E-state index contributed by atoms with van der Waals surface area (Å²) in [5.74, 6) is -0.704. The zero-order valence-corrected chi connectivity index (χ0v) is 18.2. The molecule has 168 valence electrons. The minimum absolute atomic E-state index is 0.0237. The highest BCUT2D eigenvalue weighted by molar-refractivity contribution is 5.82. The molecular formula is C23H18FN9O. The summed E-state index contributed by atoms with van der Waals surface area (Å²) in [4.78, 5) is 26.0. The van der Waals surface area contributed by atoms with E-state index in [1.165, 1.54) is 22.8 Å². The van der Waals surface area contributed by atoms with Crippen LogP contribution in [-0.4, -0.2) is 19.5 Å². The third-order valence-corrected chi connectivity index (χ3v) is 5.24. The van der Waals surface area contributed by atoms with E-state index in [1.807, 2.05) is 12.1 Å². The number of nitriles is 2. The normalized spacial score (nSPS) is 11.6. The van der Waals surface area contributed by atoms with Crippen LogP contribution in [0.1, 0.15) is 35.5 Å². The Bertz CT molecular complexity index is 1600. The fourth-order valence-electron chi connectivity index (χ4n) is 3.63. The van der Waals surface area contributed by atoms with E-state index in [-0.39, 0.29) is 39.9 Å². The third-order valence-electron chi connectivity index (χ3n) is 5.24. The Morgan fingerprint density at radius 3 is 2.59 bits per heavy atom. The third kappa shape index (κ3) is 3.72. The number of nitrogens with zero attached hydrogens (tertiary/aromatic N) is 6. The summed E-state index contributed by atoms with van der Waals surface area (Å²) in [7, 11) is 0. The van der Waals surface area contributed by atoms with Gasteiger partial charge in [0.15, 0.2) is 5.82 Å². The standard InChI is InChI=1S/C23H18FN9O/c1-11-6-7-16(24)17-18(11)30-21(33(22(17)34)14-5-3-4-13(8-14)9-25)12(2)29-20-15(10-26)19(27)31-23(28)32-20/h3-8,12H,1-2H3,(H5,27,28,29,31,32). The van der Waals surface area contributed by atoms with Crippen molar-refractivity contribution >= 4 is 28.5 Å². The van der Waals surface area contributed by atoms with Crippen molar-refractivity contribution in [1.82, 2.24) is 19.5 Å². The number of aromatic nitrogens is 4. The number of fused-ring (bicyclic) bond motifs is 1. The van der Waals surface area contributed by atoms with Gasteiger partial charge in [-0.05, 0) is 43.7 Å². The maximum atomic E-state index is 14.7. The summed E-state index contributed by atoms with van der Waals surface area (Å²) in [6, 6.07) is 12.3. The zero-order valence-electron chi connectivity index (χ0n) is 18.2. The van der Waals surface area contributed by atoms with Gasteiger partial charge in [-0.3, -0.25) is 9.36 Å². The molecule has 2 heterocycles. The highest BCUT2D eigenvalue weighted by Crippen LogP contribution is 2.26. The van der Waals surface area contributed by atoms with Crippen molar-refractivity contribution in [2.75, 3.05) is 16.8 Å². The van der Waals surface area contributed by atoms with Gasteiger partial charge in [0.1, 0.15) is 34.5 Å². The Morgan fingerprint density at radius 2 is 1.88 bits per heavy atom. The number of benzene rings is 2. The van der Waals surface area contributed by atoms with Gasteiger partial charge in [-0.1, -0.05) is 12.1 Å². The fraction of sp³-hybridized carbons (Fsp3) is 0.130. The van der Waals surface area contributed by atoms with E-state index in [1.54, 1.807) is 32.0 Å². The summed E-state index contributed by atoms with van der Waals surface area (Å²) in [5.41, 5.74) is 12.3. The van der Waals surface area contributed by atoms with E-state index < -0.39 is 17.4 Å². The molecule has 34 heavy (non-hydrogen) atoms. The molecule has 0 fully saturated rings. The predicted octanol–water partition coefficient (Wildman–Crippen LogP) is 2.70. The maximum Gasteiger partial charge on any atom is 0.269 e. The van der Waals surface area contributed by atoms with Gasteiger partial charge < -0.3 is 16.8 Å². The number of nitrogens with one attached hydrogen (secondary N) is 1. The minimum atomic E-state index is -0.730. The molecule has 0 radical (unpaired) electrons. The van der Waals surface area contributed by atoms with Gasteiger partial charge in [0.05, 0.1) is 28.9 Å². The van der Waals surface area contributed by atoms with Gasteiger partial charge in [-0.2, -0.15) is 20.5 Å². The minimum Gasteiger partial charge on any atom is -0.382 e. The molecule has 0 saturated carbocycles. The summed E-state index contributed by atoms with van der Waals surface area (Å²) >= 11 is 0. The van der Waals surface area contributed by atoms with Gasteiger partial charge in [0, 0.05) is 0 Å². The molecule has 0 bridgehead atoms. The van der Waals surface area contributed by atoms with Gasteiger partial charge >= 0.3 is 0 Å². The number of hydrogen-bond acceptors (Lipinski definition) is 9. The Labute approximate surface area is 192 Å². The van der Waals surface area contributed by atoms with Crippen molar-refractivity contribution in [1.29, 1.82) is 10.5 Å². The first-order chi connectivity index (χ1) is 16.2. The van der Waals surface area contributed by atoms with E-state index in [0.29, 0.717) is 16.8 Å². The van der Waals surface area contributed by atoms with Crippen LogP contribution in [0.25, 0.3) is 16.6 Å². The van der Waals surface area contributed by atoms with Crippen LogP contribution >= 0.6 is 0 Å². The molecule has 2 aromatic heterocycles. The van der Waals surface area contributed by atoms with Crippen LogP contribution in [0, 0.1) is 35.4 Å². The fourth-order valence-corrected chi connectivity index (χ4v) is 3.63. The second-order valence-corrected chi connectivity index (χ2v) is 7.53. The first-order valence-electron chi connectivity index (χ1n) is 10.1. The molecule has 0 spiro atoms. The Morgan fingerprint density at radius 1 is 1.12 bits per heavy atom. The van der Waals surface area contributed by atoms with E-state index in [0.717, 1.165) is 0 Å². The first-order valence-corrected chi connectivity index (χ1v) is 10.1. The maximum absolute atomic E-state index is 14.7. The highest BCUT2D eigenvalue weighted by atomic mass is 19.1. The van der Waals surface area contributed by atoms with Gasteiger partial charge in [-0.25, -0.2) is 9.37 Å². The molecule has 4 aromatic rings. The van der Waals surface area contributed by atoms with Crippen LogP contribution in [0.3, 0.4) is 0 Å². The van der Waals surface area contributed by atoms with Gasteiger partial charge in [0.2, 0.25) is 5.95 Å². The second-order valence-electron chi connectivity index (χ2n) is 7.53. The van der Waals surface area contributed by atoms with E-state index >= 15 is 0 Å². The lowest BCUT2D eigenvalue weighted by Gasteiger charge is -2.21. The molecule has 0 saturated heterocycles. The number of nitrogen functional groups attached to an aromatic ring is 2. The van der Waals surface area contributed by atoms with Crippen LogP contribution in [0.15, 0.2) is 41.2 Å². The smallest absolute Gasteiger partial charge is 0.269 e. The molecule has 11 heteroatoms. The molecule has 0 aliphatic rings. The largest absolute Gasteiger partial charge is 0.382 e. The number of anilines is 3. The lowest BCUT2D eigenvalue weighted by Crippen LogP contribution is -2.28. The first kappa shape index (κ1) is 22.2. The zero-order chi connectivity index (χ0) is 24.6. The number of nitrogens with two attached hydrogens (primary N) is 2. The lowest BCUT2D eigenvalue weighted by atomic mass is 10.1. The second kappa shape index (κ2) is 8.48. The lowest BCUT2D eigenvalue weighted by molar-refractivity contribution is 0.634.